The van der Waals surface area contributed by atoms with E-state index < -0.39 is 24.3 Å². The Morgan fingerprint density at radius 3 is 2.06 bits per heavy atom. The minimum absolute atomic E-state index is 0.975. The van der Waals surface area contributed by atoms with Crippen molar-refractivity contribution in [3.05, 3.63) is 40.0 Å². The van der Waals surface area contributed by atoms with Crippen LogP contribution in [0.4, 0.5) is 32.2 Å². The SMILES string of the molecule is CCN(C)c1ncnc2c1CCN(Cc1cccs1)CC2.O=C(O)C(F)(F)F.O=C(O)C(F)(F)F. The standard InChI is InChI=1S/C16H22N4S.2C2HF3O2/c1-3-19(2)16-14-6-8-20(11-13-5-4-10-21-13)9-7-15(14)17-12-18-16;2*3-2(4,5)1(6)7/h4-5,10,12H,3,6-9,11H2,1-2H3;2*(H,6,7). The summed E-state index contributed by atoms with van der Waals surface area (Å²) in [5.74, 6) is -4.40. The first-order valence-corrected chi connectivity index (χ1v) is 10.9. The number of aliphatic carboxylic acids is 2. The van der Waals surface area contributed by atoms with Crippen molar-refractivity contribution in [2.45, 2.75) is 38.7 Å². The van der Waals surface area contributed by atoms with Gasteiger partial charge in [0.05, 0.1) is 5.69 Å². The molecule has 0 saturated heterocycles. The van der Waals surface area contributed by atoms with Gasteiger partial charge in [0.15, 0.2) is 0 Å². The van der Waals surface area contributed by atoms with Crippen molar-refractivity contribution in [2.24, 2.45) is 0 Å². The first kappa shape index (κ1) is 30.1. The summed E-state index contributed by atoms with van der Waals surface area (Å²) >= 11 is 1.84. The molecule has 0 unspecified atom stereocenters. The first-order valence-electron chi connectivity index (χ1n) is 10.1. The molecule has 35 heavy (non-hydrogen) atoms. The van der Waals surface area contributed by atoms with Crippen LogP contribution in [0.5, 0.6) is 0 Å². The van der Waals surface area contributed by atoms with Gasteiger partial charge in [0.25, 0.3) is 0 Å². The van der Waals surface area contributed by atoms with Gasteiger partial charge in [-0.25, -0.2) is 19.6 Å². The Morgan fingerprint density at radius 1 is 1.06 bits per heavy atom. The second-order valence-electron chi connectivity index (χ2n) is 7.10. The average Bonchev–Trinajstić information content (AvgIpc) is 3.19. The molecule has 0 aliphatic carbocycles. The van der Waals surface area contributed by atoms with Gasteiger partial charge in [-0.1, -0.05) is 6.07 Å². The third-order valence-corrected chi connectivity index (χ3v) is 5.50. The predicted octanol–water partition coefficient (Wildman–Crippen LogP) is 3.86. The summed E-state index contributed by atoms with van der Waals surface area (Å²) in [5, 5.41) is 16.4. The topological polar surface area (TPSA) is 107 Å². The number of anilines is 1. The van der Waals surface area contributed by atoms with Crippen molar-refractivity contribution in [2.75, 3.05) is 31.6 Å². The van der Waals surface area contributed by atoms with E-state index in [-0.39, 0.29) is 0 Å². The number of fused-ring (bicyclic) bond motifs is 1. The molecule has 196 valence electrons. The highest BCUT2D eigenvalue weighted by Crippen LogP contribution is 2.24. The zero-order valence-corrected chi connectivity index (χ0v) is 19.5. The van der Waals surface area contributed by atoms with Crippen LogP contribution in [0.1, 0.15) is 23.1 Å². The molecule has 3 heterocycles. The molecule has 2 N–H and O–H groups in total. The zero-order valence-electron chi connectivity index (χ0n) is 18.7. The molecule has 8 nitrogen and oxygen atoms in total. The molecular formula is C20H24F6N4O4S. The van der Waals surface area contributed by atoms with E-state index in [9.17, 15) is 26.3 Å². The largest absolute Gasteiger partial charge is 0.490 e. The Labute approximate surface area is 200 Å². The Hall–Kier alpha value is -2.94. The maximum absolute atomic E-state index is 10.6. The number of rotatable bonds is 4. The van der Waals surface area contributed by atoms with Crippen LogP contribution in [0.3, 0.4) is 0 Å². The fourth-order valence-electron chi connectivity index (χ4n) is 2.82. The molecule has 0 atom stereocenters. The molecule has 0 spiro atoms. The van der Waals surface area contributed by atoms with Crippen LogP contribution in [0.15, 0.2) is 23.8 Å². The van der Waals surface area contributed by atoms with Crippen LogP contribution >= 0.6 is 11.3 Å². The van der Waals surface area contributed by atoms with Gasteiger partial charge in [0.2, 0.25) is 0 Å². The van der Waals surface area contributed by atoms with Gasteiger partial charge >= 0.3 is 24.3 Å². The second-order valence-corrected chi connectivity index (χ2v) is 8.13. The molecule has 1 aliphatic rings. The van der Waals surface area contributed by atoms with Crippen molar-refractivity contribution in [1.29, 1.82) is 0 Å². The molecule has 2 aromatic heterocycles. The Kier molecular flexibility index (Phi) is 11.4. The number of thiophene rings is 1. The quantitative estimate of drug-likeness (QED) is 0.574. The number of nitrogens with zero attached hydrogens (tertiary/aromatic N) is 4. The van der Waals surface area contributed by atoms with Crippen molar-refractivity contribution in [1.82, 2.24) is 14.9 Å². The molecule has 0 amide bonds. The molecule has 2 aromatic rings. The number of carbonyl (C=O) groups is 2. The van der Waals surface area contributed by atoms with E-state index in [0.29, 0.717) is 0 Å². The monoisotopic (exact) mass is 530 g/mol. The zero-order chi connectivity index (χ0) is 26.8. The highest BCUT2D eigenvalue weighted by Gasteiger charge is 2.38. The molecule has 1 aliphatic heterocycles. The Balaban J connectivity index is 0.000000362. The molecule has 15 heteroatoms. The maximum Gasteiger partial charge on any atom is 0.490 e. The molecule has 3 rings (SSSR count). The van der Waals surface area contributed by atoms with Crippen LogP contribution in [0, 0.1) is 0 Å². The molecule has 0 aromatic carbocycles. The fourth-order valence-corrected chi connectivity index (χ4v) is 3.56. The summed E-state index contributed by atoms with van der Waals surface area (Å²) in [6, 6.07) is 4.35. The van der Waals surface area contributed by atoms with Gasteiger partial charge in [-0.3, -0.25) is 4.90 Å². The maximum atomic E-state index is 10.6. The van der Waals surface area contributed by atoms with E-state index in [4.69, 9.17) is 19.8 Å². The van der Waals surface area contributed by atoms with Crippen molar-refractivity contribution < 1.29 is 46.1 Å². The smallest absolute Gasteiger partial charge is 0.475 e. The van der Waals surface area contributed by atoms with E-state index >= 15 is 0 Å². The lowest BCUT2D eigenvalue weighted by Gasteiger charge is -2.20. The van der Waals surface area contributed by atoms with Gasteiger partial charge in [-0.15, -0.1) is 11.3 Å². The number of halogens is 6. The Morgan fingerprint density at radius 2 is 1.60 bits per heavy atom. The van der Waals surface area contributed by atoms with Crippen molar-refractivity contribution in [3.63, 3.8) is 0 Å². The lowest BCUT2D eigenvalue weighted by atomic mass is 10.1. The van der Waals surface area contributed by atoms with Crippen LogP contribution in [0.25, 0.3) is 0 Å². The van der Waals surface area contributed by atoms with E-state index in [1.54, 1.807) is 6.33 Å². The fraction of sp³-hybridized carbons (Fsp3) is 0.500. The molecule has 0 saturated carbocycles. The summed E-state index contributed by atoms with van der Waals surface area (Å²) in [6.07, 6.45) is -6.38. The van der Waals surface area contributed by atoms with Crippen molar-refractivity contribution >= 4 is 29.1 Å². The number of alkyl halides is 6. The summed E-state index contributed by atoms with van der Waals surface area (Å²) in [4.78, 5) is 33.0. The summed E-state index contributed by atoms with van der Waals surface area (Å²) < 4.78 is 63.5. The number of hydrogen-bond acceptors (Lipinski definition) is 7. The predicted molar refractivity (Wildman–Crippen MR) is 115 cm³/mol. The van der Waals surface area contributed by atoms with Crippen LogP contribution in [0.2, 0.25) is 0 Å². The number of hydrogen-bond donors (Lipinski definition) is 2. The van der Waals surface area contributed by atoms with Crippen molar-refractivity contribution in [3.8, 4) is 0 Å². The Bertz CT molecular complexity index is 930. The van der Waals surface area contributed by atoms with E-state index in [2.05, 4.69) is 51.3 Å². The van der Waals surface area contributed by atoms with Crippen LogP contribution in [-0.4, -0.2) is 76.1 Å². The van der Waals surface area contributed by atoms with E-state index in [1.165, 1.54) is 16.1 Å². The van der Waals surface area contributed by atoms with Crippen LogP contribution in [-0.2, 0) is 29.0 Å². The van der Waals surface area contributed by atoms with Gasteiger partial charge in [-0.2, -0.15) is 26.3 Å². The number of aromatic nitrogens is 2. The van der Waals surface area contributed by atoms with E-state index in [1.807, 2.05) is 11.3 Å². The van der Waals surface area contributed by atoms with Crippen LogP contribution < -0.4 is 4.90 Å². The summed E-state index contributed by atoms with van der Waals surface area (Å²) in [6.45, 7) is 6.36. The molecule has 0 radical (unpaired) electrons. The first-order chi connectivity index (χ1) is 16.2. The second kappa shape index (κ2) is 13.2. The molecule has 0 fully saturated rings. The van der Waals surface area contributed by atoms with Gasteiger partial charge < -0.3 is 15.1 Å². The average molecular weight is 530 g/mol. The minimum atomic E-state index is -5.08. The number of carboxylic acid groups (broad SMARTS) is 2. The van der Waals surface area contributed by atoms with Gasteiger partial charge in [0, 0.05) is 50.1 Å². The third kappa shape index (κ3) is 10.5. The highest BCUT2D eigenvalue weighted by molar-refractivity contribution is 7.09. The normalized spacial score (nSPS) is 13.8. The summed E-state index contributed by atoms with van der Waals surface area (Å²) in [7, 11) is 2.11. The minimum Gasteiger partial charge on any atom is -0.475 e. The highest BCUT2D eigenvalue weighted by atomic mass is 32.1. The van der Waals surface area contributed by atoms with Gasteiger partial charge in [0.1, 0.15) is 12.1 Å². The molecular weight excluding hydrogens is 506 g/mol. The lowest BCUT2D eigenvalue weighted by Crippen LogP contribution is -2.25. The molecule has 0 bridgehead atoms. The lowest BCUT2D eigenvalue weighted by molar-refractivity contribution is -0.193. The summed E-state index contributed by atoms with van der Waals surface area (Å²) in [5.41, 5.74) is 2.57. The van der Waals surface area contributed by atoms with Gasteiger partial charge in [-0.05, 0) is 24.8 Å². The number of carboxylic acids is 2. The van der Waals surface area contributed by atoms with E-state index in [0.717, 1.165) is 44.8 Å². The third-order valence-electron chi connectivity index (χ3n) is 4.64.